The van der Waals surface area contributed by atoms with Gasteiger partial charge in [-0.25, -0.2) is 12.8 Å². The van der Waals surface area contributed by atoms with Crippen molar-refractivity contribution in [2.75, 3.05) is 6.54 Å². The second-order valence-corrected chi connectivity index (χ2v) is 7.60. The molecular formula is C12H12ClFNO2S2+. The summed E-state index contributed by atoms with van der Waals surface area (Å²) in [6.07, 6.45) is 0. The molecule has 7 heteroatoms. The monoisotopic (exact) mass is 320 g/mol. The van der Waals surface area contributed by atoms with Crippen molar-refractivity contribution < 1.29 is 18.5 Å². The van der Waals surface area contributed by atoms with E-state index in [0.29, 0.717) is 0 Å². The number of hydrogen-bond acceptors (Lipinski definition) is 3. The maximum absolute atomic E-state index is 13.9. The van der Waals surface area contributed by atoms with E-state index in [9.17, 15) is 12.8 Å². The predicted molar refractivity (Wildman–Crippen MR) is 73.4 cm³/mol. The van der Waals surface area contributed by atoms with E-state index in [1.807, 2.05) is 0 Å². The lowest BCUT2D eigenvalue weighted by Gasteiger charge is -2.15. The summed E-state index contributed by atoms with van der Waals surface area (Å²) >= 11 is 7.04. The lowest BCUT2D eigenvalue weighted by molar-refractivity contribution is -0.367. The number of hydrogen-bond donors (Lipinski definition) is 1. The van der Waals surface area contributed by atoms with Crippen LogP contribution in [0.2, 0.25) is 5.02 Å². The Labute approximate surface area is 119 Å². The van der Waals surface area contributed by atoms with Crippen LogP contribution >= 0.6 is 22.9 Å². The minimum absolute atomic E-state index is 0.00688. The zero-order chi connectivity index (χ0) is 14.0. The Bertz CT molecular complexity index is 651. The lowest BCUT2D eigenvalue weighted by Crippen LogP contribution is -2.54. The van der Waals surface area contributed by atoms with E-state index < -0.39 is 20.9 Å². The van der Waals surface area contributed by atoms with Crippen LogP contribution < -0.4 is 5.73 Å². The summed E-state index contributed by atoms with van der Waals surface area (Å²) in [5.74, 6) is -0.624. The maximum atomic E-state index is 13.9. The van der Waals surface area contributed by atoms with Gasteiger partial charge in [0.15, 0.2) is 9.84 Å². The molecule has 1 atom stereocenters. The maximum Gasteiger partial charge on any atom is 0.200 e. The van der Waals surface area contributed by atoms with Gasteiger partial charge >= 0.3 is 0 Å². The molecule has 1 aromatic carbocycles. The molecule has 0 saturated carbocycles. The molecule has 1 aromatic heterocycles. The fourth-order valence-corrected chi connectivity index (χ4v) is 5.11. The van der Waals surface area contributed by atoms with Crippen molar-refractivity contribution in [3.63, 3.8) is 0 Å². The molecule has 19 heavy (non-hydrogen) atoms. The number of benzene rings is 1. The molecular weight excluding hydrogens is 309 g/mol. The van der Waals surface area contributed by atoms with Crippen LogP contribution in [0.3, 0.4) is 0 Å². The van der Waals surface area contributed by atoms with E-state index in [0.717, 1.165) is 11.3 Å². The van der Waals surface area contributed by atoms with Gasteiger partial charge in [-0.1, -0.05) is 23.7 Å². The van der Waals surface area contributed by atoms with Crippen LogP contribution in [0.5, 0.6) is 0 Å². The molecule has 1 heterocycles. The third-order valence-corrected chi connectivity index (χ3v) is 6.63. The molecule has 2 aromatic rings. The molecule has 0 spiro atoms. The molecule has 0 radical (unpaired) electrons. The van der Waals surface area contributed by atoms with Crippen molar-refractivity contribution in [2.45, 2.75) is 9.46 Å². The van der Waals surface area contributed by atoms with Crippen LogP contribution in [0.15, 0.2) is 39.9 Å². The smallest absolute Gasteiger partial charge is 0.200 e. The summed E-state index contributed by atoms with van der Waals surface area (Å²) in [5, 5.41) is 0.698. The number of thiophene rings is 1. The summed E-state index contributed by atoms with van der Waals surface area (Å²) in [7, 11) is -3.67. The lowest BCUT2D eigenvalue weighted by atomic mass is 10.1. The fourth-order valence-electron chi connectivity index (χ4n) is 1.84. The van der Waals surface area contributed by atoms with Crippen molar-refractivity contribution >= 4 is 32.8 Å². The van der Waals surface area contributed by atoms with Crippen molar-refractivity contribution in [1.29, 1.82) is 0 Å². The van der Waals surface area contributed by atoms with E-state index in [-0.39, 0.29) is 21.3 Å². The number of quaternary nitrogens is 1. The third-order valence-electron chi connectivity index (χ3n) is 2.73. The molecule has 3 N–H and O–H groups in total. The zero-order valence-corrected chi connectivity index (χ0v) is 12.2. The Morgan fingerprint density at radius 2 is 2.05 bits per heavy atom. The van der Waals surface area contributed by atoms with Crippen molar-refractivity contribution in [3.8, 4) is 0 Å². The second kappa shape index (κ2) is 5.58. The number of sulfone groups is 1. The van der Waals surface area contributed by atoms with Gasteiger partial charge in [-0.3, -0.25) is 0 Å². The molecule has 0 fully saturated rings. The minimum Gasteiger partial charge on any atom is -0.356 e. The first-order valence-electron chi connectivity index (χ1n) is 5.49. The molecule has 0 unspecified atom stereocenters. The molecule has 0 bridgehead atoms. The zero-order valence-electron chi connectivity index (χ0n) is 9.84. The van der Waals surface area contributed by atoms with Gasteiger partial charge in [0.2, 0.25) is 0 Å². The van der Waals surface area contributed by atoms with E-state index >= 15 is 0 Å². The molecule has 0 aliphatic rings. The molecule has 0 aliphatic heterocycles. The molecule has 0 amide bonds. The second-order valence-electron chi connectivity index (χ2n) is 3.89. The minimum atomic E-state index is -3.67. The summed E-state index contributed by atoms with van der Waals surface area (Å²) < 4.78 is 39.0. The summed E-state index contributed by atoms with van der Waals surface area (Å²) in [6, 6.07) is 7.26. The number of halogens is 2. The first-order chi connectivity index (χ1) is 8.98. The van der Waals surface area contributed by atoms with Crippen molar-refractivity contribution in [2.24, 2.45) is 0 Å². The fraction of sp³-hybridized carbons (Fsp3) is 0.167. The van der Waals surface area contributed by atoms with E-state index in [1.165, 1.54) is 24.3 Å². The third kappa shape index (κ3) is 2.67. The highest BCUT2D eigenvalue weighted by Gasteiger charge is 2.34. The first-order valence-corrected chi connectivity index (χ1v) is 8.29. The molecule has 0 saturated heterocycles. The van der Waals surface area contributed by atoms with Gasteiger partial charge in [0, 0.05) is 10.6 Å². The van der Waals surface area contributed by atoms with Crippen LogP contribution in [0.4, 0.5) is 4.39 Å². The summed E-state index contributed by atoms with van der Waals surface area (Å²) in [5.41, 5.74) is 3.61. The average molecular weight is 321 g/mol. The van der Waals surface area contributed by atoms with Crippen LogP contribution in [-0.4, -0.2) is 15.0 Å². The molecule has 2 rings (SSSR count). The Hall–Kier alpha value is -0.950. The highest BCUT2D eigenvalue weighted by Crippen LogP contribution is 2.35. The topological polar surface area (TPSA) is 61.8 Å². The number of rotatable bonds is 4. The van der Waals surface area contributed by atoms with Crippen LogP contribution in [-0.2, 0) is 9.84 Å². The average Bonchev–Trinajstić information content (AvgIpc) is 2.88. The molecule has 0 aliphatic carbocycles. The van der Waals surface area contributed by atoms with E-state index in [1.54, 1.807) is 11.4 Å². The van der Waals surface area contributed by atoms with E-state index in [4.69, 9.17) is 11.6 Å². The van der Waals surface area contributed by atoms with Crippen LogP contribution in [0, 0.1) is 5.82 Å². The van der Waals surface area contributed by atoms with Gasteiger partial charge in [-0.05, 0) is 23.6 Å². The Balaban J connectivity index is 2.58. The summed E-state index contributed by atoms with van der Waals surface area (Å²) in [4.78, 5) is 0. The Kier molecular flexibility index (Phi) is 4.25. The van der Waals surface area contributed by atoms with Crippen molar-refractivity contribution in [3.05, 3.63) is 52.1 Å². The van der Waals surface area contributed by atoms with Gasteiger partial charge < -0.3 is 5.73 Å². The normalized spacial score (nSPS) is 13.4. The Morgan fingerprint density at radius 3 is 2.58 bits per heavy atom. The highest BCUT2D eigenvalue weighted by atomic mass is 35.5. The Morgan fingerprint density at radius 1 is 1.32 bits per heavy atom. The molecule has 102 valence electrons. The van der Waals surface area contributed by atoms with E-state index in [2.05, 4.69) is 5.73 Å². The van der Waals surface area contributed by atoms with Gasteiger partial charge in [-0.2, -0.15) is 0 Å². The first kappa shape index (κ1) is 14.5. The SMILES string of the molecule is [NH3+]C[C@@H](c1c(F)cccc1Cl)S(=O)(=O)c1cccs1. The van der Waals surface area contributed by atoms with Crippen LogP contribution in [0.25, 0.3) is 0 Å². The molecule has 3 nitrogen and oxygen atoms in total. The van der Waals surface area contributed by atoms with Crippen molar-refractivity contribution in [1.82, 2.24) is 0 Å². The standard InChI is InChI=1S/C12H11ClFNO2S2/c13-8-3-1-4-9(14)12(8)10(7-15)19(16,17)11-5-2-6-18-11/h1-6,10H,7,15H2/p+1/t10-/m0/s1. The quantitative estimate of drug-likeness (QED) is 0.939. The van der Waals surface area contributed by atoms with Gasteiger partial charge in [0.05, 0.1) is 6.54 Å². The van der Waals surface area contributed by atoms with Crippen LogP contribution in [0.1, 0.15) is 10.8 Å². The largest absolute Gasteiger partial charge is 0.356 e. The van der Waals surface area contributed by atoms with Gasteiger partial charge in [0.1, 0.15) is 15.3 Å². The van der Waals surface area contributed by atoms with Gasteiger partial charge in [0.25, 0.3) is 0 Å². The predicted octanol–water partition coefficient (Wildman–Crippen LogP) is 2.30. The van der Waals surface area contributed by atoms with Gasteiger partial charge in [-0.15, -0.1) is 11.3 Å². The highest BCUT2D eigenvalue weighted by molar-refractivity contribution is 7.93. The summed E-state index contributed by atoms with van der Waals surface area (Å²) in [6.45, 7) is 0.0148.